The van der Waals surface area contributed by atoms with Gasteiger partial charge in [-0.25, -0.2) is 8.78 Å². The summed E-state index contributed by atoms with van der Waals surface area (Å²) in [5.74, 6) is -3.07. The molecule has 0 saturated heterocycles. The van der Waals surface area contributed by atoms with Crippen LogP contribution < -0.4 is 0 Å². The lowest BCUT2D eigenvalue weighted by molar-refractivity contribution is -0.160. The number of hydrogen-bond acceptors (Lipinski definition) is 3. The van der Waals surface area contributed by atoms with Crippen molar-refractivity contribution < 1.29 is 28.2 Å². The second-order valence-electron chi connectivity index (χ2n) is 5.49. The summed E-state index contributed by atoms with van der Waals surface area (Å²) in [5.41, 5.74) is -1.40. The van der Waals surface area contributed by atoms with Gasteiger partial charge in [0.2, 0.25) is 0 Å². The number of benzene rings is 2. The Morgan fingerprint density at radius 1 is 1.08 bits per heavy atom. The maximum Gasteiger partial charge on any atom is 0.322 e. The molecule has 6 heteroatoms. The zero-order valence-corrected chi connectivity index (χ0v) is 13.9. The first-order valence-corrected chi connectivity index (χ1v) is 7.76. The van der Waals surface area contributed by atoms with E-state index in [9.17, 15) is 23.5 Å². The van der Waals surface area contributed by atoms with Crippen LogP contribution in [0.2, 0.25) is 0 Å². The first-order chi connectivity index (χ1) is 12.4. The summed E-state index contributed by atoms with van der Waals surface area (Å²) in [6.45, 7) is 1.49. The third-order valence-electron chi connectivity index (χ3n) is 4.03. The molecule has 134 valence electrons. The van der Waals surface area contributed by atoms with Crippen molar-refractivity contribution in [1.29, 1.82) is 0 Å². The van der Waals surface area contributed by atoms with E-state index in [0.29, 0.717) is 0 Å². The summed E-state index contributed by atoms with van der Waals surface area (Å²) in [6.07, 6.45) is 5.71. The van der Waals surface area contributed by atoms with Crippen molar-refractivity contribution in [3.8, 4) is 12.3 Å². The molecule has 1 N–H and O–H groups in total. The molecule has 0 bridgehead atoms. The van der Waals surface area contributed by atoms with E-state index in [1.807, 2.05) is 0 Å². The Hall–Kier alpha value is -3.20. The molecule has 0 heterocycles. The smallest absolute Gasteiger partial charge is 0.322 e. The summed E-state index contributed by atoms with van der Waals surface area (Å²) in [4.78, 5) is 24.4. The first kappa shape index (κ1) is 19.1. The monoisotopic (exact) mass is 358 g/mol. The van der Waals surface area contributed by atoms with E-state index in [1.165, 1.54) is 31.2 Å². The predicted octanol–water partition coefficient (Wildman–Crippen LogP) is 3.15. The van der Waals surface area contributed by atoms with Crippen molar-refractivity contribution in [3.05, 3.63) is 71.3 Å². The minimum absolute atomic E-state index is 0.0455. The molecule has 0 aliphatic heterocycles. The summed E-state index contributed by atoms with van der Waals surface area (Å²) >= 11 is 0. The minimum atomic E-state index is -1.81. The molecule has 0 radical (unpaired) electrons. The summed E-state index contributed by atoms with van der Waals surface area (Å²) < 4.78 is 31.6. The predicted molar refractivity (Wildman–Crippen MR) is 90.2 cm³/mol. The largest absolute Gasteiger partial charge is 0.481 e. The van der Waals surface area contributed by atoms with Crippen LogP contribution in [-0.2, 0) is 19.7 Å². The third-order valence-corrected chi connectivity index (χ3v) is 4.03. The molecule has 2 rings (SSSR count). The molecule has 4 nitrogen and oxygen atoms in total. The second-order valence-corrected chi connectivity index (χ2v) is 5.49. The average Bonchev–Trinajstić information content (AvgIpc) is 2.61. The molecule has 2 aromatic rings. The Bertz CT molecular complexity index is 790. The number of carboxylic acids is 1. The molecule has 0 fully saturated rings. The van der Waals surface area contributed by atoms with Gasteiger partial charge >= 0.3 is 11.9 Å². The fourth-order valence-corrected chi connectivity index (χ4v) is 2.86. The van der Waals surface area contributed by atoms with E-state index in [0.717, 1.165) is 24.3 Å². The Morgan fingerprint density at radius 3 is 1.81 bits per heavy atom. The quantitative estimate of drug-likeness (QED) is 0.490. The van der Waals surface area contributed by atoms with Crippen molar-refractivity contribution in [1.82, 2.24) is 0 Å². The maximum atomic E-state index is 13.4. The Balaban J connectivity index is 2.80. The van der Waals surface area contributed by atoms with Gasteiger partial charge in [-0.3, -0.25) is 9.59 Å². The van der Waals surface area contributed by atoms with Crippen LogP contribution in [-0.4, -0.2) is 23.7 Å². The molecule has 0 aliphatic carbocycles. The number of halogens is 2. The number of terminal acetylenes is 1. The van der Waals surface area contributed by atoms with Crippen LogP contribution in [0.15, 0.2) is 48.5 Å². The lowest BCUT2D eigenvalue weighted by atomic mass is 9.66. The second kappa shape index (κ2) is 7.79. The molecule has 0 aromatic heterocycles. The van der Waals surface area contributed by atoms with Gasteiger partial charge in [0.25, 0.3) is 0 Å². The average molecular weight is 358 g/mol. The number of ether oxygens (including phenoxy) is 1. The van der Waals surface area contributed by atoms with Crippen LogP contribution >= 0.6 is 0 Å². The lowest BCUT2D eigenvalue weighted by Crippen LogP contribution is -2.45. The van der Waals surface area contributed by atoms with Crippen LogP contribution in [0.3, 0.4) is 0 Å². The van der Waals surface area contributed by atoms with Gasteiger partial charge in [0.15, 0.2) is 5.92 Å². The SMILES string of the molecule is C#CC(c1ccc(F)cc1)(c1ccc(F)cc1)C(C(=O)O)C(=O)OCC. The van der Waals surface area contributed by atoms with Crippen LogP contribution in [0.5, 0.6) is 0 Å². The number of esters is 1. The van der Waals surface area contributed by atoms with Crippen molar-refractivity contribution >= 4 is 11.9 Å². The molecular formula is C20H16F2O4. The van der Waals surface area contributed by atoms with Crippen LogP contribution in [0, 0.1) is 29.9 Å². The highest BCUT2D eigenvalue weighted by molar-refractivity contribution is 5.97. The normalized spacial score (nSPS) is 12.1. The first-order valence-electron chi connectivity index (χ1n) is 7.76. The Morgan fingerprint density at radius 2 is 1.50 bits per heavy atom. The molecule has 26 heavy (non-hydrogen) atoms. The van der Waals surface area contributed by atoms with Crippen LogP contribution in [0.1, 0.15) is 18.1 Å². The number of hydrogen-bond donors (Lipinski definition) is 1. The standard InChI is InChI=1S/C20H16F2O4/c1-3-20(13-5-9-15(21)10-6-13,14-7-11-16(22)12-8-14)17(18(23)24)19(25)26-4-2/h1,5-12,17H,4H2,2H3,(H,23,24). The summed E-state index contributed by atoms with van der Waals surface area (Å²) in [7, 11) is 0. The van der Waals surface area contributed by atoms with E-state index in [1.54, 1.807) is 0 Å². The fourth-order valence-electron chi connectivity index (χ4n) is 2.86. The van der Waals surface area contributed by atoms with E-state index in [-0.39, 0.29) is 17.7 Å². The summed E-state index contributed by atoms with van der Waals surface area (Å²) in [6, 6.07) is 9.62. The van der Waals surface area contributed by atoms with Crippen molar-refractivity contribution in [2.45, 2.75) is 12.3 Å². The Labute approximate surface area is 149 Å². The minimum Gasteiger partial charge on any atom is -0.481 e. The van der Waals surface area contributed by atoms with Gasteiger partial charge in [-0.1, -0.05) is 30.2 Å². The zero-order valence-electron chi connectivity index (χ0n) is 13.9. The van der Waals surface area contributed by atoms with Gasteiger partial charge in [0.1, 0.15) is 17.0 Å². The lowest BCUT2D eigenvalue weighted by Gasteiger charge is -2.34. The number of aliphatic carboxylic acids is 1. The van der Waals surface area contributed by atoms with Crippen molar-refractivity contribution in [2.24, 2.45) is 5.92 Å². The molecule has 0 spiro atoms. The van der Waals surface area contributed by atoms with Gasteiger partial charge in [0, 0.05) is 0 Å². The molecule has 2 aromatic carbocycles. The molecule has 1 unspecified atom stereocenters. The van der Waals surface area contributed by atoms with Crippen molar-refractivity contribution in [3.63, 3.8) is 0 Å². The number of carbonyl (C=O) groups excluding carboxylic acids is 1. The van der Waals surface area contributed by atoms with Gasteiger partial charge in [-0.05, 0) is 42.3 Å². The maximum absolute atomic E-state index is 13.4. The molecular weight excluding hydrogens is 342 g/mol. The highest BCUT2D eigenvalue weighted by atomic mass is 19.1. The van der Waals surface area contributed by atoms with Gasteiger partial charge in [0.05, 0.1) is 6.61 Å². The fraction of sp³-hybridized carbons (Fsp3) is 0.200. The van der Waals surface area contributed by atoms with Gasteiger partial charge in [-0.2, -0.15) is 0 Å². The zero-order chi connectivity index (χ0) is 19.3. The van der Waals surface area contributed by atoms with E-state index < -0.39 is 34.9 Å². The number of rotatable bonds is 6. The van der Waals surface area contributed by atoms with Gasteiger partial charge < -0.3 is 9.84 Å². The number of carboxylic acid groups (broad SMARTS) is 1. The topological polar surface area (TPSA) is 63.6 Å². The highest BCUT2D eigenvalue weighted by Gasteiger charge is 2.50. The number of carbonyl (C=O) groups is 2. The van der Waals surface area contributed by atoms with Crippen molar-refractivity contribution in [2.75, 3.05) is 6.61 Å². The van der Waals surface area contributed by atoms with E-state index in [2.05, 4.69) is 5.92 Å². The molecule has 0 amide bonds. The third kappa shape index (κ3) is 3.42. The summed E-state index contributed by atoms with van der Waals surface area (Å²) in [5, 5.41) is 9.72. The Kier molecular flexibility index (Phi) is 5.73. The van der Waals surface area contributed by atoms with E-state index >= 15 is 0 Å². The molecule has 0 saturated carbocycles. The van der Waals surface area contributed by atoms with Gasteiger partial charge in [-0.15, -0.1) is 6.42 Å². The highest BCUT2D eigenvalue weighted by Crippen LogP contribution is 2.40. The molecule has 1 atom stereocenters. The van der Waals surface area contributed by atoms with E-state index in [4.69, 9.17) is 11.2 Å². The van der Waals surface area contributed by atoms with Crippen LogP contribution in [0.4, 0.5) is 8.78 Å². The van der Waals surface area contributed by atoms with Crippen LogP contribution in [0.25, 0.3) is 0 Å². The molecule has 0 aliphatic rings.